The van der Waals surface area contributed by atoms with Crippen molar-refractivity contribution in [3.05, 3.63) is 52.5 Å². The van der Waals surface area contributed by atoms with Crippen LogP contribution in [0.4, 0.5) is 0 Å². The Balaban J connectivity index is 1.75. The predicted molar refractivity (Wildman–Crippen MR) is 86.5 cm³/mol. The van der Waals surface area contributed by atoms with Gasteiger partial charge in [0, 0.05) is 25.1 Å². The van der Waals surface area contributed by atoms with Crippen LogP contribution in [0.5, 0.6) is 0 Å². The predicted octanol–water partition coefficient (Wildman–Crippen LogP) is 3.37. The largest absolute Gasteiger partial charge is 0.380 e. The molecule has 0 N–H and O–H groups in total. The van der Waals surface area contributed by atoms with Gasteiger partial charge in [0.25, 0.3) is 0 Å². The van der Waals surface area contributed by atoms with Gasteiger partial charge >= 0.3 is 0 Å². The highest BCUT2D eigenvalue weighted by atomic mass is 32.1. The van der Waals surface area contributed by atoms with E-state index in [2.05, 4.69) is 45.6 Å². The summed E-state index contributed by atoms with van der Waals surface area (Å²) in [4.78, 5) is 6.98. The maximum Gasteiger partial charge on any atom is 0.0795 e. The molecule has 0 saturated carbocycles. The molecule has 1 saturated heterocycles. The Bertz CT molecular complexity index is 529. The molecule has 0 unspecified atom stereocenters. The van der Waals surface area contributed by atoms with Crippen molar-refractivity contribution in [3.63, 3.8) is 0 Å². The van der Waals surface area contributed by atoms with Gasteiger partial charge in [-0.2, -0.15) is 0 Å². The van der Waals surface area contributed by atoms with Crippen molar-refractivity contribution in [2.75, 3.05) is 13.7 Å². The minimum absolute atomic E-state index is 0.317. The molecular weight excluding hydrogens is 280 g/mol. The van der Waals surface area contributed by atoms with Crippen LogP contribution in [0.15, 0.2) is 41.2 Å². The smallest absolute Gasteiger partial charge is 0.0795 e. The number of rotatable bonds is 5. The van der Waals surface area contributed by atoms with E-state index in [1.165, 1.54) is 17.7 Å². The molecule has 2 atom stereocenters. The first-order chi connectivity index (χ1) is 10.4. The highest BCUT2D eigenvalue weighted by molar-refractivity contribution is 7.07. The Morgan fingerprint density at radius 2 is 2.19 bits per heavy atom. The van der Waals surface area contributed by atoms with E-state index in [-0.39, 0.29) is 0 Å². The lowest BCUT2D eigenvalue weighted by atomic mass is 9.92. The second-order valence-electron chi connectivity index (χ2n) is 5.62. The molecule has 112 valence electrons. The van der Waals surface area contributed by atoms with E-state index in [1.54, 1.807) is 11.3 Å². The molecule has 2 aromatic rings. The standard InChI is InChI=1S/C17H22N2OS/c1-20-17-8-5-9-19(11-15-12-21-13-18-15)16(17)10-14-6-3-2-4-7-14/h2-4,6-7,12-13,16-17H,5,8-11H2,1H3/t16-,17-/m0/s1. The quantitative estimate of drug-likeness (QED) is 0.847. The molecular formula is C17H22N2OS. The maximum absolute atomic E-state index is 5.77. The summed E-state index contributed by atoms with van der Waals surface area (Å²) >= 11 is 1.67. The number of methoxy groups -OCH3 is 1. The van der Waals surface area contributed by atoms with Gasteiger partial charge in [-0.15, -0.1) is 11.3 Å². The monoisotopic (exact) mass is 302 g/mol. The molecule has 1 aromatic carbocycles. The van der Waals surface area contributed by atoms with E-state index >= 15 is 0 Å². The van der Waals surface area contributed by atoms with Crippen molar-refractivity contribution >= 4 is 11.3 Å². The van der Waals surface area contributed by atoms with Gasteiger partial charge in [0.1, 0.15) is 0 Å². The van der Waals surface area contributed by atoms with Crippen molar-refractivity contribution in [1.29, 1.82) is 0 Å². The number of piperidine rings is 1. The van der Waals surface area contributed by atoms with Gasteiger partial charge in [-0.3, -0.25) is 4.90 Å². The molecule has 0 aliphatic carbocycles. The zero-order valence-corrected chi connectivity index (χ0v) is 13.3. The van der Waals surface area contributed by atoms with Crippen LogP contribution in [-0.4, -0.2) is 35.7 Å². The fraction of sp³-hybridized carbons (Fsp3) is 0.471. The van der Waals surface area contributed by atoms with Crippen LogP contribution in [0.25, 0.3) is 0 Å². The van der Waals surface area contributed by atoms with Crippen molar-refractivity contribution in [2.24, 2.45) is 0 Å². The fourth-order valence-corrected chi connectivity index (χ4v) is 3.75. The van der Waals surface area contributed by atoms with Gasteiger partial charge in [-0.25, -0.2) is 4.98 Å². The normalized spacial score (nSPS) is 23.3. The molecule has 3 rings (SSSR count). The van der Waals surface area contributed by atoms with E-state index in [4.69, 9.17) is 4.74 Å². The lowest BCUT2D eigenvalue weighted by Crippen LogP contribution is -2.49. The number of thiazole rings is 1. The van der Waals surface area contributed by atoms with Crippen molar-refractivity contribution in [1.82, 2.24) is 9.88 Å². The van der Waals surface area contributed by atoms with E-state index in [0.29, 0.717) is 12.1 Å². The van der Waals surface area contributed by atoms with Crippen LogP contribution in [-0.2, 0) is 17.7 Å². The number of nitrogens with zero attached hydrogens (tertiary/aromatic N) is 2. The summed E-state index contributed by atoms with van der Waals surface area (Å²) < 4.78 is 5.77. The third kappa shape index (κ3) is 3.70. The Kier molecular flexibility index (Phi) is 5.01. The van der Waals surface area contributed by atoms with E-state index in [9.17, 15) is 0 Å². The summed E-state index contributed by atoms with van der Waals surface area (Å²) in [6, 6.07) is 11.2. The number of ether oxygens (including phenoxy) is 1. The molecule has 0 amide bonds. The average Bonchev–Trinajstić information content (AvgIpc) is 3.03. The zero-order valence-electron chi connectivity index (χ0n) is 12.4. The Morgan fingerprint density at radius 3 is 2.90 bits per heavy atom. The van der Waals surface area contributed by atoms with Crippen LogP contribution < -0.4 is 0 Å². The van der Waals surface area contributed by atoms with Crippen LogP contribution in [0.2, 0.25) is 0 Å². The van der Waals surface area contributed by atoms with Gasteiger partial charge in [0.15, 0.2) is 0 Å². The van der Waals surface area contributed by atoms with Crippen LogP contribution in [0.3, 0.4) is 0 Å². The molecule has 1 aliphatic heterocycles. The fourth-order valence-electron chi connectivity index (χ4n) is 3.20. The number of aromatic nitrogens is 1. The summed E-state index contributed by atoms with van der Waals surface area (Å²) in [5.41, 5.74) is 4.48. The third-order valence-electron chi connectivity index (χ3n) is 4.27. The average molecular weight is 302 g/mol. The summed E-state index contributed by atoms with van der Waals surface area (Å²) in [6.07, 6.45) is 3.72. The number of hydrogen-bond donors (Lipinski definition) is 0. The molecule has 1 aliphatic rings. The molecule has 1 aromatic heterocycles. The van der Waals surface area contributed by atoms with Gasteiger partial charge in [-0.1, -0.05) is 30.3 Å². The minimum Gasteiger partial charge on any atom is -0.380 e. The summed E-state index contributed by atoms with van der Waals surface area (Å²) in [5.74, 6) is 0. The maximum atomic E-state index is 5.77. The van der Waals surface area contributed by atoms with Crippen molar-refractivity contribution in [3.8, 4) is 0 Å². The van der Waals surface area contributed by atoms with Crippen LogP contribution >= 0.6 is 11.3 Å². The molecule has 1 fully saturated rings. The molecule has 0 spiro atoms. The first-order valence-corrected chi connectivity index (χ1v) is 8.49. The molecule has 21 heavy (non-hydrogen) atoms. The van der Waals surface area contributed by atoms with Gasteiger partial charge in [0.2, 0.25) is 0 Å². The van der Waals surface area contributed by atoms with Gasteiger partial charge < -0.3 is 4.74 Å². The third-order valence-corrected chi connectivity index (χ3v) is 4.91. The van der Waals surface area contributed by atoms with Crippen LogP contribution in [0.1, 0.15) is 24.1 Å². The summed E-state index contributed by atoms with van der Waals surface area (Å²) in [7, 11) is 1.84. The number of likely N-dealkylation sites (tertiary alicyclic amines) is 1. The van der Waals surface area contributed by atoms with E-state index in [1.807, 2.05) is 12.6 Å². The second kappa shape index (κ2) is 7.16. The second-order valence-corrected chi connectivity index (χ2v) is 6.34. The zero-order chi connectivity index (χ0) is 14.5. The Labute approximate surface area is 130 Å². The minimum atomic E-state index is 0.317. The van der Waals surface area contributed by atoms with Gasteiger partial charge in [-0.05, 0) is 31.4 Å². The molecule has 2 heterocycles. The van der Waals surface area contributed by atoms with E-state index in [0.717, 1.165) is 25.9 Å². The lowest BCUT2D eigenvalue weighted by molar-refractivity contribution is -0.0221. The first-order valence-electron chi connectivity index (χ1n) is 7.54. The van der Waals surface area contributed by atoms with Gasteiger partial charge in [0.05, 0.1) is 17.3 Å². The summed E-state index contributed by atoms with van der Waals surface area (Å²) in [6.45, 7) is 2.07. The van der Waals surface area contributed by atoms with Crippen LogP contribution in [0, 0.1) is 0 Å². The highest BCUT2D eigenvalue weighted by Gasteiger charge is 2.31. The van der Waals surface area contributed by atoms with Crippen molar-refractivity contribution in [2.45, 2.75) is 38.0 Å². The van der Waals surface area contributed by atoms with E-state index < -0.39 is 0 Å². The number of benzene rings is 1. The Hall–Kier alpha value is -1.23. The highest BCUT2D eigenvalue weighted by Crippen LogP contribution is 2.25. The topological polar surface area (TPSA) is 25.4 Å². The molecule has 3 nitrogen and oxygen atoms in total. The first kappa shape index (κ1) is 14.7. The molecule has 0 bridgehead atoms. The SMILES string of the molecule is CO[C@H]1CCCN(Cc2cscn2)[C@H]1Cc1ccccc1. The molecule has 0 radical (unpaired) electrons. The Morgan fingerprint density at radius 1 is 1.33 bits per heavy atom. The number of hydrogen-bond acceptors (Lipinski definition) is 4. The lowest BCUT2D eigenvalue weighted by Gasteiger charge is -2.40. The van der Waals surface area contributed by atoms with Crippen molar-refractivity contribution < 1.29 is 4.74 Å². The molecule has 4 heteroatoms. The summed E-state index contributed by atoms with van der Waals surface area (Å²) in [5, 5.41) is 2.15.